The number of hydrogen-bond donors (Lipinski definition) is 7. The number of piperazine rings is 3. The molecule has 8 heterocycles. The SMILES string of the molecule is Brc1ccc(N2CCNCC2)nc1.C1CNCCN1.CN(C)C1(c2ccccc2)CCC2(CC1)CN(c1ccc(N3CCNCC3)nc1)C(=O)N2.CN(C)C1(c2ccccc2)CCC2(CC1)CNC(=O)N2.Clc1ccc(Br)cn1. The number of nitrogens with zero attached hydrogens (tertiary/aromatic N) is 8. The summed E-state index contributed by atoms with van der Waals surface area (Å²) < 4.78 is 1.98. The van der Waals surface area contributed by atoms with Crippen LogP contribution < -0.4 is 51.9 Å². The van der Waals surface area contributed by atoms with E-state index in [0.29, 0.717) is 11.7 Å². The average Bonchev–Trinajstić information content (AvgIpc) is 4.07. The van der Waals surface area contributed by atoms with Crippen molar-refractivity contribution >= 4 is 72.8 Å². The molecule has 12 rings (SSSR count). The summed E-state index contributed by atoms with van der Waals surface area (Å²) in [7, 11) is 8.68. The average molecular weight is 1230 g/mol. The first kappa shape index (κ1) is 60.1. The Morgan fingerprint density at radius 3 is 1.33 bits per heavy atom. The van der Waals surface area contributed by atoms with E-state index in [1.165, 1.54) is 11.1 Å². The van der Waals surface area contributed by atoms with Crippen molar-refractivity contribution in [3.8, 4) is 0 Å². The summed E-state index contributed by atoms with van der Waals surface area (Å²) in [6.45, 7) is 14.1. The number of amides is 4. The summed E-state index contributed by atoms with van der Waals surface area (Å²) in [5.74, 6) is 2.06. The largest absolute Gasteiger partial charge is 0.354 e. The van der Waals surface area contributed by atoms with Crippen LogP contribution in [-0.2, 0) is 11.1 Å². The minimum absolute atomic E-state index is 0.00112. The molecular weight excluding hydrogens is 1150 g/mol. The lowest BCUT2D eigenvalue weighted by molar-refractivity contribution is 0.0652. The maximum atomic E-state index is 13.0. The maximum Gasteiger partial charge on any atom is 0.322 e. The highest BCUT2D eigenvalue weighted by Crippen LogP contribution is 2.47. The Morgan fingerprint density at radius 1 is 0.506 bits per heavy atom. The van der Waals surface area contributed by atoms with Gasteiger partial charge in [-0.25, -0.2) is 24.5 Å². The number of anilines is 3. The van der Waals surface area contributed by atoms with Crippen LogP contribution in [0.15, 0.2) is 125 Å². The van der Waals surface area contributed by atoms with Crippen LogP contribution in [0.25, 0.3) is 0 Å². The minimum Gasteiger partial charge on any atom is -0.354 e. The zero-order valence-corrected chi connectivity index (χ0v) is 50.5. The lowest BCUT2D eigenvalue weighted by Gasteiger charge is -2.48. The molecule has 5 aliphatic heterocycles. The highest BCUT2D eigenvalue weighted by Gasteiger charge is 2.51. The Labute approximate surface area is 490 Å². The van der Waals surface area contributed by atoms with Gasteiger partial charge in [0, 0.05) is 117 Å². The lowest BCUT2D eigenvalue weighted by Crippen LogP contribution is -2.54. The second-order valence-corrected chi connectivity index (χ2v) is 24.2. The third kappa shape index (κ3) is 15.9. The molecule has 7 aliphatic rings. The predicted molar refractivity (Wildman–Crippen MR) is 327 cm³/mol. The van der Waals surface area contributed by atoms with Gasteiger partial charge >= 0.3 is 12.1 Å². The standard InChI is InChI=1S/C25H34N6O.C16H23N3O.C9H12BrN3.C5H3BrClN.C4H10N2/c1-29(2)25(20-6-4-3-5-7-20)12-10-24(11-13-25)19-31(23(32)28-24)21-8-9-22(27-18-21)30-16-14-26-15-17-30;1-19(2)16(13-6-4-3-5-7-13)10-8-15(9-11-16)12-17-14(20)18-15;10-8-1-2-9(12-7-8)13-5-3-11-4-6-13;6-4-1-2-5(7)8-3-4;1-2-6-4-3-5-1/h3-9,18,26H,10-17,19H2,1-2H3,(H,28,32);3-7H,8-12H2,1-2H3,(H2,17,18,20);1-2,7,11H,3-6H2;1-3H;5-6H,1-4H2. The Hall–Kier alpha value is -4.96. The van der Waals surface area contributed by atoms with Crippen LogP contribution in [-0.4, -0.2) is 168 Å². The fourth-order valence-corrected chi connectivity index (χ4v) is 12.5. The van der Waals surface area contributed by atoms with Gasteiger partial charge in [0.2, 0.25) is 0 Å². The van der Waals surface area contributed by atoms with Gasteiger partial charge in [0.25, 0.3) is 0 Å². The van der Waals surface area contributed by atoms with E-state index >= 15 is 0 Å². The van der Waals surface area contributed by atoms with E-state index in [2.05, 4.69) is 199 Å². The summed E-state index contributed by atoms with van der Waals surface area (Å²) in [6.07, 6.45) is 13.5. The van der Waals surface area contributed by atoms with Crippen LogP contribution in [0.3, 0.4) is 0 Å². The van der Waals surface area contributed by atoms with Gasteiger partial charge in [0.15, 0.2) is 0 Å². The van der Waals surface area contributed by atoms with Gasteiger partial charge in [-0.15, -0.1) is 0 Å². The smallest absolute Gasteiger partial charge is 0.322 e. The van der Waals surface area contributed by atoms with Gasteiger partial charge in [0.05, 0.1) is 29.5 Å². The summed E-state index contributed by atoms with van der Waals surface area (Å²) in [6, 6.07) is 33.3. The highest BCUT2D eigenvalue weighted by atomic mass is 79.9. The van der Waals surface area contributed by atoms with Crippen molar-refractivity contribution in [3.05, 3.63) is 141 Å². The van der Waals surface area contributed by atoms with Gasteiger partial charge in [0.1, 0.15) is 16.8 Å². The zero-order chi connectivity index (χ0) is 55.7. The highest BCUT2D eigenvalue weighted by molar-refractivity contribution is 9.10. The van der Waals surface area contributed by atoms with Gasteiger partial charge in [-0.2, -0.15) is 0 Å². The number of benzene rings is 2. The quantitative estimate of drug-likeness (QED) is 0.0789. The molecule has 5 aromatic rings. The van der Waals surface area contributed by atoms with Crippen molar-refractivity contribution in [3.63, 3.8) is 0 Å². The molecular formula is C59H82Br2ClN15O2. The molecule has 0 unspecified atom stereocenters. The van der Waals surface area contributed by atoms with Gasteiger partial charge in [-0.3, -0.25) is 14.7 Å². The summed E-state index contributed by atoms with van der Waals surface area (Å²) in [5.41, 5.74) is 3.57. The molecule has 2 aliphatic carbocycles. The van der Waals surface area contributed by atoms with E-state index in [0.717, 1.165) is 163 Å². The normalized spacial score (nSPS) is 25.6. The van der Waals surface area contributed by atoms with Gasteiger partial charge in [-0.05, 0) is 159 Å². The first-order valence-electron chi connectivity index (χ1n) is 28.0. The molecule has 7 fully saturated rings. The maximum absolute atomic E-state index is 13.0. The zero-order valence-electron chi connectivity index (χ0n) is 46.6. The van der Waals surface area contributed by atoms with Crippen molar-refractivity contribution < 1.29 is 9.59 Å². The van der Waals surface area contributed by atoms with Gasteiger partial charge < -0.3 is 47.0 Å². The van der Waals surface area contributed by atoms with E-state index in [1.54, 1.807) is 12.3 Å². The van der Waals surface area contributed by atoms with Gasteiger partial charge in [-0.1, -0.05) is 72.3 Å². The van der Waals surface area contributed by atoms with Crippen molar-refractivity contribution in [2.45, 2.75) is 73.5 Å². The Morgan fingerprint density at radius 2 is 0.949 bits per heavy atom. The lowest BCUT2D eigenvalue weighted by atomic mass is 9.69. The second-order valence-electron chi connectivity index (χ2n) is 22.0. The number of nitrogens with one attached hydrogen (secondary N) is 7. The third-order valence-corrected chi connectivity index (χ3v) is 17.9. The molecule has 5 saturated heterocycles. The minimum atomic E-state index is -0.164. The van der Waals surface area contributed by atoms with Crippen molar-refractivity contribution in [2.75, 3.05) is 135 Å². The number of carbonyl (C=O) groups is 2. The molecule has 79 heavy (non-hydrogen) atoms. The first-order chi connectivity index (χ1) is 38.2. The number of urea groups is 2. The van der Waals surface area contributed by atoms with E-state index in [4.69, 9.17) is 11.6 Å². The fourth-order valence-electron chi connectivity index (χ4n) is 11.9. The van der Waals surface area contributed by atoms with E-state index in [-0.39, 0.29) is 34.2 Å². The Balaban J connectivity index is 0.000000148. The van der Waals surface area contributed by atoms with Crippen LogP contribution in [0.2, 0.25) is 5.15 Å². The summed E-state index contributed by atoms with van der Waals surface area (Å²) >= 11 is 12.1. The molecule has 0 radical (unpaired) electrons. The van der Waals surface area contributed by atoms with Crippen LogP contribution in [0, 0.1) is 0 Å². The van der Waals surface area contributed by atoms with Crippen molar-refractivity contribution in [1.82, 2.24) is 62.0 Å². The number of pyridine rings is 3. The second kappa shape index (κ2) is 28.6. The van der Waals surface area contributed by atoms with Crippen LogP contribution in [0.5, 0.6) is 0 Å². The molecule has 2 spiro atoms. The Bertz CT molecular complexity index is 2590. The van der Waals surface area contributed by atoms with Crippen LogP contribution >= 0.6 is 43.5 Å². The van der Waals surface area contributed by atoms with E-state index in [9.17, 15) is 9.59 Å². The molecule has 20 heteroatoms. The predicted octanol–water partition coefficient (Wildman–Crippen LogP) is 7.79. The molecule has 4 amide bonds. The molecule has 7 N–H and O–H groups in total. The molecule has 2 aromatic carbocycles. The van der Waals surface area contributed by atoms with Crippen LogP contribution in [0.4, 0.5) is 26.9 Å². The first-order valence-corrected chi connectivity index (χ1v) is 30.0. The fraction of sp³-hybridized carbons (Fsp3) is 0.508. The summed E-state index contributed by atoms with van der Waals surface area (Å²) in [5, 5.41) is 23.0. The van der Waals surface area contributed by atoms with E-state index < -0.39 is 0 Å². The van der Waals surface area contributed by atoms with Crippen LogP contribution in [0.1, 0.15) is 62.5 Å². The third-order valence-electron chi connectivity index (χ3n) is 16.7. The van der Waals surface area contributed by atoms with Crippen molar-refractivity contribution in [1.29, 1.82) is 0 Å². The van der Waals surface area contributed by atoms with Crippen molar-refractivity contribution in [2.24, 2.45) is 0 Å². The molecule has 17 nitrogen and oxygen atoms in total. The molecule has 2 saturated carbocycles. The molecule has 426 valence electrons. The van der Waals surface area contributed by atoms with E-state index in [1.807, 2.05) is 41.6 Å². The molecule has 0 bridgehead atoms. The topological polar surface area (TPSA) is 173 Å². The summed E-state index contributed by atoms with van der Waals surface area (Å²) in [4.78, 5) is 48.4. The number of halogens is 3. The number of hydrogen-bond acceptors (Lipinski definition) is 13. The number of rotatable bonds is 7. The monoisotopic (exact) mass is 1230 g/mol. The molecule has 0 atom stereocenters. The number of carbonyl (C=O) groups excluding carboxylic acids is 2. The number of aromatic nitrogens is 3. The Kier molecular flexibility index (Phi) is 21.8. The molecule has 3 aromatic heterocycles.